The van der Waals surface area contributed by atoms with Crippen molar-refractivity contribution in [1.29, 1.82) is 0 Å². The highest BCUT2D eigenvalue weighted by Crippen LogP contribution is 2.23. The number of hydrogen-bond acceptors (Lipinski definition) is 6. The number of carbonyl (C=O) groups excluding carboxylic acids is 1. The molecule has 0 fully saturated rings. The molecule has 0 saturated carbocycles. The van der Waals surface area contributed by atoms with Gasteiger partial charge in [-0.05, 0) is 47.7 Å². The second kappa shape index (κ2) is 11.3. The van der Waals surface area contributed by atoms with Gasteiger partial charge in [-0.3, -0.25) is 9.79 Å². The van der Waals surface area contributed by atoms with E-state index >= 15 is 0 Å². The second-order valence-electron chi connectivity index (χ2n) is 9.14. The van der Waals surface area contributed by atoms with E-state index in [2.05, 4.69) is 20.3 Å². The Morgan fingerprint density at radius 3 is 2.59 bits per heavy atom. The standard InChI is InChI=1S/C26H28F2N4O4S/c1-2-16-3-4-18-13-37(35,36)14-24(22(18)7-16)30-12-25(33)23(8-17-5-19(27)9-20(28)6-17)32-26(34)10-21-11-29-15-31-21/h3-7,9,11,15,23,25,33H,2,8,10,12-14H2,1H3,(H,29,31)(H,32,34). The van der Waals surface area contributed by atoms with Crippen LogP contribution in [0.2, 0.25) is 0 Å². The molecule has 2 heterocycles. The summed E-state index contributed by atoms with van der Waals surface area (Å²) in [6.07, 6.45) is 2.33. The number of carbonyl (C=O) groups is 1. The smallest absolute Gasteiger partial charge is 0.226 e. The van der Waals surface area contributed by atoms with Gasteiger partial charge in [0.1, 0.15) is 11.6 Å². The zero-order valence-electron chi connectivity index (χ0n) is 20.2. The Morgan fingerprint density at radius 1 is 1.16 bits per heavy atom. The van der Waals surface area contributed by atoms with Gasteiger partial charge in [0, 0.05) is 23.5 Å². The number of benzene rings is 2. The number of nitrogens with zero attached hydrogens (tertiary/aromatic N) is 2. The lowest BCUT2D eigenvalue weighted by molar-refractivity contribution is -0.122. The number of imidazole rings is 1. The molecule has 0 bridgehead atoms. The lowest BCUT2D eigenvalue weighted by Gasteiger charge is -2.25. The Labute approximate surface area is 213 Å². The van der Waals surface area contributed by atoms with Crippen molar-refractivity contribution in [2.45, 2.75) is 44.1 Å². The molecule has 3 aromatic rings. The molecule has 1 amide bonds. The molecule has 2 aromatic carbocycles. The lowest BCUT2D eigenvalue weighted by atomic mass is 9.99. The van der Waals surface area contributed by atoms with Crippen LogP contribution in [0.3, 0.4) is 0 Å². The third-order valence-electron chi connectivity index (χ3n) is 6.19. The first-order valence-electron chi connectivity index (χ1n) is 11.9. The van der Waals surface area contributed by atoms with E-state index in [-0.39, 0.29) is 36.5 Å². The SMILES string of the molecule is CCc1ccc2c(c1)C(=NCC(O)C(Cc1cc(F)cc(F)c1)NC(=O)Cc1cnc[nH]1)CS(=O)(=O)C2. The summed E-state index contributed by atoms with van der Waals surface area (Å²) in [5.41, 5.74) is 3.55. The molecule has 196 valence electrons. The first-order chi connectivity index (χ1) is 17.6. The van der Waals surface area contributed by atoms with Crippen molar-refractivity contribution in [2.75, 3.05) is 12.3 Å². The van der Waals surface area contributed by atoms with Crippen molar-refractivity contribution < 1.29 is 27.1 Å². The number of aliphatic imine (C=N–C) groups is 1. The summed E-state index contributed by atoms with van der Waals surface area (Å²) >= 11 is 0. The quantitative estimate of drug-likeness (QED) is 0.392. The molecule has 1 aliphatic rings. The van der Waals surface area contributed by atoms with Crippen LogP contribution in [0.25, 0.3) is 0 Å². The molecule has 11 heteroatoms. The van der Waals surface area contributed by atoms with E-state index in [1.165, 1.54) is 12.5 Å². The van der Waals surface area contributed by atoms with Crippen molar-refractivity contribution in [2.24, 2.45) is 4.99 Å². The van der Waals surface area contributed by atoms with E-state index in [1.54, 1.807) is 6.07 Å². The largest absolute Gasteiger partial charge is 0.389 e. The molecular weight excluding hydrogens is 502 g/mol. The summed E-state index contributed by atoms with van der Waals surface area (Å²) in [4.78, 5) is 23.8. The Morgan fingerprint density at radius 2 is 1.92 bits per heavy atom. The van der Waals surface area contributed by atoms with Crippen LogP contribution in [0.4, 0.5) is 8.78 Å². The Balaban J connectivity index is 1.58. The average molecular weight is 531 g/mol. The summed E-state index contributed by atoms with van der Waals surface area (Å²) in [5.74, 6) is -2.32. The summed E-state index contributed by atoms with van der Waals surface area (Å²) in [6.45, 7) is 1.78. The van der Waals surface area contributed by atoms with Gasteiger partial charge in [0.15, 0.2) is 9.84 Å². The van der Waals surface area contributed by atoms with E-state index in [1.807, 2.05) is 19.1 Å². The van der Waals surface area contributed by atoms with Crippen molar-refractivity contribution in [1.82, 2.24) is 15.3 Å². The van der Waals surface area contributed by atoms with Crippen LogP contribution < -0.4 is 5.32 Å². The molecule has 4 rings (SSSR count). The van der Waals surface area contributed by atoms with Gasteiger partial charge in [-0.1, -0.05) is 19.1 Å². The van der Waals surface area contributed by atoms with Crippen molar-refractivity contribution in [3.8, 4) is 0 Å². The number of aliphatic hydroxyl groups excluding tert-OH is 1. The van der Waals surface area contributed by atoms with E-state index < -0.39 is 39.5 Å². The number of aliphatic hydroxyl groups is 1. The Kier molecular flexibility index (Phi) is 8.13. The minimum atomic E-state index is -3.41. The molecular formula is C26H28F2N4O4S. The fourth-order valence-corrected chi connectivity index (χ4v) is 5.84. The van der Waals surface area contributed by atoms with E-state index in [0.29, 0.717) is 17.0 Å². The number of hydrogen-bond donors (Lipinski definition) is 3. The number of rotatable bonds is 9. The molecule has 2 unspecified atom stereocenters. The molecule has 1 aliphatic heterocycles. The second-order valence-corrected chi connectivity index (χ2v) is 11.2. The van der Waals surface area contributed by atoms with Gasteiger partial charge in [-0.25, -0.2) is 22.2 Å². The van der Waals surface area contributed by atoms with Crippen LogP contribution in [-0.2, 0) is 39.6 Å². The van der Waals surface area contributed by atoms with Crippen LogP contribution in [-0.4, -0.2) is 59.6 Å². The molecule has 2 atom stereocenters. The normalized spacial score (nSPS) is 17.2. The Hall–Kier alpha value is -3.44. The third kappa shape index (κ3) is 7.07. The van der Waals surface area contributed by atoms with Crippen LogP contribution in [0.15, 0.2) is 53.9 Å². The monoisotopic (exact) mass is 530 g/mol. The maximum absolute atomic E-state index is 13.8. The number of halogens is 2. The number of fused-ring (bicyclic) bond motifs is 1. The van der Waals surface area contributed by atoms with E-state index in [0.717, 1.165) is 35.7 Å². The number of aryl methyl sites for hydroxylation is 1. The third-order valence-corrected chi connectivity index (χ3v) is 7.65. The fraction of sp³-hybridized carbons (Fsp3) is 0.346. The maximum Gasteiger partial charge on any atom is 0.226 e. The molecule has 0 radical (unpaired) electrons. The minimum Gasteiger partial charge on any atom is -0.389 e. The maximum atomic E-state index is 13.8. The zero-order valence-corrected chi connectivity index (χ0v) is 21.1. The average Bonchev–Trinajstić information content (AvgIpc) is 3.33. The first kappa shape index (κ1) is 26.6. The van der Waals surface area contributed by atoms with Gasteiger partial charge in [0.2, 0.25) is 5.91 Å². The van der Waals surface area contributed by atoms with Gasteiger partial charge in [-0.15, -0.1) is 0 Å². The molecule has 0 spiro atoms. The molecule has 1 aromatic heterocycles. The highest BCUT2D eigenvalue weighted by atomic mass is 32.2. The molecule has 0 aliphatic carbocycles. The molecule has 3 N–H and O–H groups in total. The molecule has 8 nitrogen and oxygen atoms in total. The number of amides is 1. The summed E-state index contributed by atoms with van der Waals surface area (Å²) in [5, 5.41) is 13.7. The van der Waals surface area contributed by atoms with Crippen molar-refractivity contribution in [3.63, 3.8) is 0 Å². The number of sulfone groups is 1. The van der Waals surface area contributed by atoms with Crippen LogP contribution in [0.1, 0.15) is 34.9 Å². The Bertz CT molecular complexity index is 1390. The van der Waals surface area contributed by atoms with Crippen molar-refractivity contribution >= 4 is 21.5 Å². The van der Waals surface area contributed by atoms with Crippen LogP contribution in [0, 0.1) is 11.6 Å². The number of aromatic nitrogens is 2. The van der Waals surface area contributed by atoms with Gasteiger partial charge >= 0.3 is 0 Å². The predicted molar refractivity (Wildman–Crippen MR) is 135 cm³/mol. The predicted octanol–water partition coefficient (Wildman–Crippen LogP) is 2.30. The van der Waals surface area contributed by atoms with Gasteiger partial charge in [0.25, 0.3) is 0 Å². The van der Waals surface area contributed by atoms with Gasteiger partial charge in [0.05, 0.1) is 48.7 Å². The first-order valence-corrected chi connectivity index (χ1v) is 13.7. The lowest BCUT2D eigenvalue weighted by Crippen LogP contribution is -2.47. The number of nitrogens with one attached hydrogen (secondary N) is 2. The number of aromatic amines is 1. The van der Waals surface area contributed by atoms with E-state index in [4.69, 9.17) is 0 Å². The summed E-state index contributed by atoms with van der Waals surface area (Å²) < 4.78 is 52.5. The van der Waals surface area contributed by atoms with Gasteiger partial charge < -0.3 is 15.4 Å². The van der Waals surface area contributed by atoms with Crippen LogP contribution >= 0.6 is 0 Å². The zero-order chi connectivity index (χ0) is 26.6. The summed E-state index contributed by atoms with van der Waals surface area (Å²) in [7, 11) is -3.41. The van der Waals surface area contributed by atoms with Crippen molar-refractivity contribution in [3.05, 3.63) is 88.5 Å². The molecule has 0 saturated heterocycles. The van der Waals surface area contributed by atoms with Gasteiger partial charge in [-0.2, -0.15) is 0 Å². The summed E-state index contributed by atoms with van der Waals surface area (Å²) in [6, 6.07) is 7.64. The minimum absolute atomic E-state index is 0.0410. The molecule has 37 heavy (non-hydrogen) atoms. The topological polar surface area (TPSA) is 125 Å². The highest BCUT2D eigenvalue weighted by molar-refractivity contribution is 7.91. The van der Waals surface area contributed by atoms with Crippen LogP contribution in [0.5, 0.6) is 0 Å². The number of H-pyrrole nitrogens is 1. The highest BCUT2D eigenvalue weighted by Gasteiger charge is 2.28. The van der Waals surface area contributed by atoms with E-state index in [9.17, 15) is 27.1 Å². The fourth-order valence-electron chi connectivity index (χ4n) is 4.35.